The highest BCUT2D eigenvalue weighted by Gasteiger charge is 2.36. The SMILES string of the molecule is Cc1ccccc1OCCN(C)[C@H]1CCC[C@H]1S(C)(=O)=O. The average molecular weight is 311 g/mol. The number of nitrogens with zero attached hydrogens (tertiary/aromatic N) is 1. The Balaban J connectivity index is 1.87. The lowest BCUT2D eigenvalue weighted by molar-refractivity contribution is 0.193. The summed E-state index contributed by atoms with van der Waals surface area (Å²) in [7, 11) is -0.968. The third-order valence-electron chi connectivity index (χ3n) is 4.33. The van der Waals surface area contributed by atoms with Crippen LogP contribution in [0.1, 0.15) is 24.8 Å². The van der Waals surface area contributed by atoms with Crippen molar-refractivity contribution < 1.29 is 13.2 Å². The van der Waals surface area contributed by atoms with Crippen molar-refractivity contribution >= 4 is 9.84 Å². The smallest absolute Gasteiger partial charge is 0.151 e. The Morgan fingerprint density at radius 3 is 2.67 bits per heavy atom. The highest BCUT2D eigenvalue weighted by molar-refractivity contribution is 7.91. The van der Waals surface area contributed by atoms with Crippen LogP contribution in [0, 0.1) is 6.92 Å². The third-order valence-corrected chi connectivity index (χ3v) is 5.98. The van der Waals surface area contributed by atoms with E-state index in [0.29, 0.717) is 6.61 Å². The van der Waals surface area contributed by atoms with E-state index in [-0.39, 0.29) is 11.3 Å². The summed E-state index contributed by atoms with van der Waals surface area (Å²) in [6.45, 7) is 3.34. The van der Waals surface area contributed by atoms with E-state index in [4.69, 9.17) is 4.74 Å². The van der Waals surface area contributed by atoms with E-state index < -0.39 is 9.84 Å². The molecule has 0 unspecified atom stereocenters. The normalized spacial score (nSPS) is 22.7. The van der Waals surface area contributed by atoms with E-state index in [1.807, 2.05) is 38.2 Å². The van der Waals surface area contributed by atoms with E-state index in [2.05, 4.69) is 4.90 Å². The van der Waals surface area contributed by atoms with Gasteiger partial charge in [-0.05, 0) is 38.4 Å². The molecule has 1 saturated carbocycles. The minimum Gasteiger partial charge on any atom is -0.492 e. The summed E-state index contributed by atoms with van der Waals surface area (Å²) in [5, 5.41) is -0.221. The highest BCUT2D eigenvalue weighted by atomic mass is 32.2. The Morgan fingerprint density at radius 2 is 2.00 bits per heavy atom. The van der Waals surface area contributed by atoms with Gasteiger partial charge in [-0.15, -0.1) is 0 Å². The summed E-state index contributed by atoms with van der Waals surface area (Å²) < 4.78 is 29.5. The molecule has 2 atom stereocenters. The van der Waals surface area contributed by atoms with Crippen molar-refractivity contribution in [3.63, 3.8) is 0 Å². The number of hydrogen-bond acceptors (Lipinski definition) is 4. The van der Waals surface area contributed by atoms with Gasteiger partial charge in [0.1, 0.15) is 12.4 Å². The van der Waals surface area contributed by atoms with Gasteiger partial charge in [0.05, 0.1) is 5.25 Å². The van der Waals surface area contributed by atoms with Crippen LogP contribution in [0.15, 0.2) is 24.3 Å². The zero-order valence-corrected chi connectivity index (χ0v) is 13.9. The lowest BCUT2D eigenvalue weighted by atomic mass is 10.2. The molecule has 5 heteroatoms. The molecule has 0 bridgehead atoms. The molecule has 0 aliphatic heterocycles. The number of rotatable bonds is 6. The van der Waals surface area contributed by atoms with Crippen LogP contribution < -0.4 is 4.74 Å². The fourth-order valence-corrected chi connectivity index (χ4v) is 4.60. The average Bonchev–Trinajstić information content (AvgIpc) is 2.90. The van der Waals surface area contributed by atoms with Gasteiger partial charge in [-0.25, -0.2) is 8.42 Å². The Hall–Kier alpha value is -1.07. The lowest BCUT2D eigenvalue weighted by Gasteiger charge is -2.28. The summed E-state index contributed by atoms with van der Waals surface area (Å²) >= 11 is 0. The van der Waals surface area contributed by atoms with E-state index in [1.54, 1.807) is 0 Å². The van der Waals surface area contributed by atoms with Gasteiger partial charge in [0.2, 0.25) is 0 Å². The molecule has 1 aliphatic rings. The van der Waals surface area contributed by atoms with Crippen molar-refractivity contribution in [1.82, 2.24) is 4.90 Å². The minimum atomic E-state index is -2.96. The number of hydrogen-bond donors (Lipinski definition) is 0. The van der Waals surface area contributed by atoms with Gasteiger partial charge in [-0.3, -0.25) is 4.90 Å². The predicted octanol–water partition coefficient (Wildman–Crippen LogP) is 2.27. The van der Waals surface area contributed by atoms with E-state index in [9.17, 15) is 8.42 Å². The van der Waals surface area contributed by atoms with E-state index >= 15 is 0 Å². The van der Waals surface area contributed by atoms with E-state index in [0.717, 1.165) is 37.1 Å². The summed E-state index contributed by atoms with van der Waals surface area (Å²) in [5.74, 6) is 0.900. The van der Waals surface area contributed by atoms with Crippen molar-refractivity contribution in [1.29, 1.82) is 0 Å². The Morgan fingerprint density at radius 1 is 1.29 bits per heavy atom. The van der Waals surface area contributed by atoms with Crippen LogP contribution in [-0.2, 0) is 9.84 Å². The van der Waals surface area contributed by atoms with Gasteiger partial charge >= 0.3 is 0 Å². The Bertz CT molecular complexity index is 571. The first-order chi connectivity index (χ1) is 9.89. The van der Waals surface area contributed by atoms with Gasteiger partial charge in [0.15, 0.2) is 9.84 Å². The molecular weight excluding hydrogens is 286 g/mol. The van der Waals surface area contributed by atoms with Crippen molar-refractivity contribution in [2.45, 2.75) is 37.5 Å². The van der Waals surface area contributed by atoms with Gasteiger partial charge in [-0.2, -0.15) is 0 Å². The molecule has 0 spiro atoms. The number of para-hydroxylation sites is 1. The molecule has 0 aromatic heterocycles. The van der Waals surface area contributed by atoms with Gasteiger partial charge in [0, 0.05) is 18.8 Å². The van der Waals surface area contributed by atoms with Crippen LogP contribution in [0.2, 0.25) is 0 Å². The van der Waals surface area contributed by atoms with Crippen LogP contribution in [-0.4, -0.2) is 51.1 Å². The molecule has 1 aliphatic carbocycles. The molecule has 0 amide bonds. The number of ether oxygens (including phenoxy) is 1. The second-order valence-corrected chi connectivity index (χ2v) is 8.23. The summed E-state index contributed by atoms with van der Waals surface area (Å²) in [4.78, 5) is 2.14. The first-order valence-corrected chi connectivity index (χ1v) is 9.42. The monoisotopic (exact) mass is 311 g/mol. The Labute approximate surface area is 128 Å². The van der Waals surface area contributed by atoms with Crippen molar-refractivity contribution in [2.75, 3.05) is 26.5 Å². The largest absolute Gasteiger partial charge is 0.492 e. The van der Waals surface area contributed by atoms with Crippen LogP contribution in [0.3, 0.4) is 0 Å². The van der Waals surface area contributed by atoms with Crippen molar-refractivity contribution in [3.05, 3.63) is 29.8 Å². The third kappa shape index (κ3) is 4.20. The first kappa shape index (κ1) is 16.3. The summed E-state index contributed by atoms with van der Waals surface area (Å²) in [6.07, 6.45) is 4.09. The zero-order chi connectivity index (χ0) is 15.5. The quantitative estimate of drug-likeness (QED) is 0.808. The standard InChI is InChI=1S/C16H25NO3S/c1-13-7-4-5-9-15(13)20-12-11-17(2)14-8-6-10-16(14)21(3,18)19/h4-5,7,9,14,16H,6,8,10-12H2,1-3H3/t14-,16+/m0/s1. The van der Waals surface area contributed by atoms with Gasteiger partial charge in [0.25, 0.3) is 0 Å². The molecule has 0 N–H and O–H groups in total. The highest BCUT2D eigenvalue weighted by Crippen LogP contribution is 2.28. The molecule has 4 nitrogen and oxygen atoms in total. The first-order valence-electron chi connectivity index (χ1n) is 7.47. The fourth-order valence-electron chi connectivity index (χ4n) is 3.09. The van der Waals surface area contributed by atoms with Crippen LogP contribution in [0.4, 0.5) is 0 Å². The molecule has 1 aromatic rings. The van der Waals surface area contributed by atoms with Crippen molar-refractivity contribution in [3.8, 4) is 5.75 Å². The van der Waals surface area contributed by atoms with Gasteiger partial charge in [-0.1, -0.05) is 24.6 Å². The molecule has 118 valence electrons. The molecule has 1 aromatic carbocycles. The molecule has 2 rings (SSSR count). The predicted molar refractivity (Wildman–Crippen MR) is 85.6 cm³/mol. The van der Waals surface area contributed by atoms with Crippen LogP contribution in [0.5, 0.6) is 5.75 Å². The number of benzene rings is 1. The molecule has 0 radical (unpaired) electrons. The fraction of sp³-hybridized carbons (Fsp3) is 0.625. The number of aryl methyl sites for hydroxylation is 1. The molecule has 0 heterocycles. The minimum absolute atomic E-state index is 0.125. The second kappa shape index (κ2) is 6.79. The molecule has 1 fully saturated rings. The maximum atomic E-state index is 11.8. The number of likely N-dealkylation sites (N-methyl/N-ethyl adjacent to an activating group) is 1. The lowest BCUT2D eigenvalue weighted by Crippen LogP contribution is -2.43. The zero-order valence-electron chi connectivity index (χ0n) is 13.1. The maximum Gasteiger partial charge on any atom is 0.151 e. The maximum absolute atomic E-state index is 11.8. The van der Waals surface area contributed by atoms with Gasteiger partial charge < -0.3 is 4.74 Å². The Kier molecular flexibility index (Phi) is 5.27. The molecule has 21 heavy (non-hydrogen) atoms. The molecule has 0 saturated heterocycles. The summed E-state index contributed by atoms with van der Waals surface area (Å²) in [5.41, 5.74) is 1.12. The number of sulfone groups is 1. The van der Waals surface area contributed by atoms with Crippen LogP contribution in [0.25, 0.3) is 0 Å². The van der Waals surface area contributed by atoms with Crippen molar-refractivity contribution in [2.24, 2.45) is 0 Å². The van der Waals surface area contributed by atoms with E-state index in [1.165, 1.54) is 6.26 Å². The van der Waals surface area contributed by atoms with Crippen LogP contribution >= 0.6 is 0 Å². The summed E-state index contributed by atoms with van der Waals surface area (Å²) in [6, 6.07) is 8.06. The topological polar surface area (TPSA) is 46.6 Å². The molecular formula is C16H25NO3S. The second-order valence-electron chi connectivity index (χ2n) is 5.96.